The van der Waals surface area contributed by atoms with Crippen molar-refractivity contribution < 1.29 is 22.7 Å². The second-order valence-corrected chi connectivity index (χ2v) is 6.35. The molecule has 0 saturated carbocycles. The van der Waals surface area contributed by atoms with E-state index < -0.39 is 24.1 Å². The molecule has 1 atom stereocenters. The van der Waals surface area contributed by atoms with Gasteiger partial charge in [-0.15, -0.1) is 13.2 Å². The highest BCUT2D eigenvalue weighted by Crippen LogP contribution is 2.26. The van der Waals surface area contributed by atoms with E-state index in [0.29, 0.717) is 0 Å². The van der Waals surface area contributed by atoms with Crippen LogP contribution in [0.4, 0.5) is 13.2 Å². The fourth-order valence-corrected chi connectivity index (χ4v) is 2.73. The monoisotopic (exact) mass is 442 g/mol. The quantitative estimate of drug-likeness (QED) is 0.613. The zero-order chi connectivity index (χ0) is 23.3. The van der Waals surface area contributed by atoms with Crippen LogP contribution in [-0.2, 0) is 6.42 Å². The number of nitrogens with zero attached hydrogens (tertiary/aromatic N) is 7. The molecule has 0 unspecified atom stereocenters. The van der Waals surface area contributed by atoms with Crippen LogP contribution >= 0.6 is 0 Å². The van der Waals surface area contributed by atoms with Gasteiger partial charge < -0.3 is 10.1 Å². The lowest BCUT2D eigenvalue weighted by molar-refractivity contribution is -0.274. The predicted octanol–water partition coefficient (Wildman–Crippen LogP) is 2.38. The number of nitriles is 2. The summed E-state index contributed by atoms with van der Waals surface area (Å²) in [4.78, 5) is 24.7. The molecule has 3 aromatic rings. The van der Waals surface area contributed by atoms with Gasteiger partial charge in [-0.3, -0.25) is 4.79 Å². The van der Waals surface area contributed by atoms with Gasteiger partial charge in [-0.05, 0) is 30.7 Å². The van der Waals surface area contributed by atoms with Gasteiger partial charge in [0.15, 0.2) is 17.3 Å². The molecule has 0 saturated heterocycles. The van der Waals surface area contributed by atoms with Crippen molar-refractivity contribution in [2.24, 2.45) is 0 Å². The summed E-state index contributed by atoms with van der Waals surface area (Å²) < 4.78 is 43.0. The van der Waals surface area contributed by atoms with Gasteiger partial charge in [0, 0.05) is 5.56 Å². The molecule has 10 nitrogen and oxygen atoms in total. The SMILES string of the molecule is C[C@H](NC(=O)c1cc(CC#N)cc(OC(F)(F)F)c1)c1ncnn1-c1cnc(C#N)cn1. The predicted molar refractivity (Wildman–Crippen MR) is 100.0 cm³/mol. The van der Waals surface area contributed by atoms with Crippen LogP contribution < -0.4 is 10.1 Å². The third kappa shape index (κ3) is 5.34. The van der Waals surface area contributed by atoms with Gasteiger partial charge in [0.1, 0.15) is 18.1 Å². The van der Waals surface area contributed by atoms with E-state index in [1.807, 2.05) is 12.1 Å². The molecule has 0 fully saturated rings. The van der Waals surface area contributed by atoms with Gasteiger partial charge >= 0.3 is 6.36 Å². The first-order valence-corrected chi connectivity index (χ1v) is 8.90. The summed E-state index contributed by atoms with van der Waals surface area (Å²) in [5.74, 6) is -0.823. The molecule has 1 aromatic carbocycles. The van der Waals surface area contributed by atoms with Gasteiger partial charge in [0.05, 0.1) is 30.9 Å². The Morgan fingerprint density at radius 3 is 2.62 bits per heavy atom. The number of nitrogens with one attached hydrogen (secondary N) is 1. The number of carbonyl (C=O) groups excluding carboxylic acids is 1. The van der Waals surface area contributed by atoms with E-state index in [4.69, 9.17) is 10.5 Å². The van der Waals surface area contributed by atoms with Crippen molar-refractivity contribution >= 4 is 5.91 Å². The van der Waals surface area contributed by atoms with Crippen molar-refractivity contribution in [2.45, 2.75) is 25.7 Å². The van der Waals surface area contributed by atoms with Crippen molar-refractivity contribution in [2.75, 3.05) is 0 Å². The number of hydrogen-bond acceptors (Lipinski definition) is 8. The van der Waals surface area contributed by atoms with E-state index >= 15 is 0 Å². The van der Waals surface area contributed by atoms with Crippen LogP contribution in [0.2, 0.25) is 0 Å². The summed E-state index contributed by atoms with van der Waals surface area (Å²) in [5.41, 5.74) is 0.155. The van der Waals surface area contributed by atoms with Crippen molar-refractivity contribution in [3.8, 4) is 23.7 Å². The highest BCUT2D eigenvalue weighted by molar-refractivity contribution is 5.95. The zero-order valence-corrected chi connectivity index (χ0v) is 16.3. The van der Waals surface area contributed by atoms with Gasteiger partial charge in [0.2, 0.25) is 0 Å². The molecular weight excluding hydrogens is 429 g/mol. The first-order valence-electron chi connectivity index (χ1n) is 8.90. The Morgan fingerprint density at radius 1 is 1.22 bits per heavy atom. The molecule has 1 amide bonds. The van der Waals surface area contributed by atoms with Crippen LogP contribution in [0.3, 0.4) is 0 Å². The van der Waals surface area contributed by atoms with Gasteiger partial charge in [-0.1, -0.05) is 0 Å². The molecule has 0 radical (unpaired) electrons. The first-order chi connectivity index (χ1) is 15.2. The Bertz CT molecular complexity index is 1210. The summed E-state index contributed by atoms with van der Waals surface area (Å²) in [6.45, 7) is 1.59. The standard InChI is InChI=1S/C19H13F3N8O2/c1-11(17-27-10-28-30(17)16-9-25-14(7-24)8-26-16)29-18(31)13-4-12(2-3-23)5-15(6-13)32-19(20,21)22/h4-6,8-11H,2H2,1H3,(H,29,31)/t11-/m0/s1. The third-order valence-corrected chi connectivity index (χ3v) is 4.02. The number of carbonyl (C=O) groups is 1. The molecule has 0 aliphatic heterocycles. The first kappa shape index (κ1) is 22.2. The molecule has 0 aliphatic rings. The number of rotatable bonds is 6. The lowest BCUT2D eigenvalue weighted by Crippen LogP contribution is -2.29. The number of alkyl halides is 3. The summed E-state index contributed by atoms with van der Waals surface area (Å²) >= 11 is 0. The average Bonchev–Trinajstić information content (AvgIpc) is 3.22. The number of aromatic nitrogens is 5. The normalized spacial score (nSPS) is 11.8. The molecule has 2 heterocycles. The van der Waals surface area contributed by atoms with Gasteiger partial charge in [-0.2, -0.15) is 20.3 Å². The fourth-order valence-electron chi connectivity index (χ4n) is 2.73. The number of benzene rings is 1. The van der Waals surface area contributed by atoms with Crippen LogP contribution in [0, 0.1) is 22.7 Å². The number of amides is 1. The maximum atomic E-state index is 12.7. The van der Waals surface area contributed by atoms with Crippen LogP contribution in [0.15, 0.2) is 36.9 Å². The second kappa shape index (κ2) is 9.09. The minimum atomic E-state index is -4.95. The highest BCUT2D eigenvalue weighted by Gasteiger charge is 2.31. The molecule has 162 valence electrons. The molecule has 0 aliphatic carbocycles. The Kier molecular flexibility index (Phi) is 6.30. The van der Waals surface area contributed by atoms with Crippen molar-refractivity contribution in [1.82, 2.24) is 30.0 Å². The molecule has 0 bridgehead atoms. The Hall–Kier alpha value is -4.52. The van der Waals surface area contributed by atoms with Crippen LogP contribution in [-0.4, -0.2) is 37.0 Å². The van der Waals surface area contributed by atoms with Crippen LogP contribution in [0.1, 0.15) is 40.4 Å². The fraction of sp³-hybridized carbons (Fsp3) is 0.211. The van der Waals surface area contributed by atoms with Gasteiger partial charge in [-0.25, -0.2) is 15.0 Å². The van der Waals surface area contributed by atoms with E-state index in [2.05, 4.69) is 30.1 Å². The molecule has 2 aromatic heterocycles. The lowest BCUT2D eigenvalue weighted by Gasteiger charge is -2.16. The van der Waals surface area contributed by atoms with E-state index in [1.165, 1.54) is 29.5 Å². The maximum absolute atomic E-state index is 12.7. The van der Waals surface area contributed by atoms with Crippen molar-refractivity contribution in [3.05, 3.63) is 59.6 Å². The van der Waals surface area contributed by atoms with E-state index in [-0.39, 0.29) is 34.9 Å². The van der Waals surface area contributed by atoms with Crippen LogP contribution in [0.25, 0.3) is 5.82 Å². The maximum Gasteiger partial charge on any atom is 0.573 e. The lowest BCUT2D eigenvalue weighted by atomic mass is 10.1. The summed E-state index contributed by atoms with van der Waals surface area (Å²) in [5, 5.41) is 24.3. The van der Waals surface area contributed by atoms with Crippen molar-refractivity contribution in [3.63, 3.8) is 0 Å². The molecule has 13 heteroatoms. The largest absolute Gasteiger partial charge is 0.573 e. The highest BCUT2D eigenvalue weighted by atomic mass is 19.4. The number of ether oxygens (including phenoxy) is 1. The zero-order valence-electron chi connectivity index (χ0n) is 16.3. The Labute approximate surface area is 178 Å². The molecule has 0 spiro atoms. The Balaban J connectivity index is 1.84. The topological polar surface area (TPSA) is 142 Å². The van der Waals surface area contributed by atoms with E-state index in [9.17, 15) is 18.0 Å². The number of halogens is 3. The van der Waals surface area contributed by atoms with Gasteiger partial charge in [0.25, 0.3) is 5.91 Å². The molecule has 32 heavy (non-hydrogen) atoms. The minimum absolute atomic E-state index is 0.103. The van der Waals surface area contributed by atoms with Crippen molar-refractivity contribution in [1.29, 1.82) is 10.5 Å². The minimum Gasteiger partial charge on any atom is -0.406 e. The molecule has 1 N–H and O–H groups in total. The summed E-state index contributed by atoms with van der Waals surface area (Å²) in [7, 11) is 0. The number of hydrogen-bond donors (Lipinski definition) is 1. The molecular formula is C19H13F3N8O2. The second-order valence-electron chi connectivity index (χ2n) is 6.35. The summed E-state index contributed by atoms with van der Waals surface area (Å²) in [6, 6.07) is 6.17. The third-order valence-electron chi connectivity index (χ3n) is 4.02. The molecule has 3 rings (SSSR count). The van der Waals surface area contributed by atoms with E-state index in [0.717, 1.165) is 12.1 Å². The smallest absolute Gasteiger partial charge is 0.406 e. The van der Waals surface area contributed by atoms with Crippen LogP contribution in [0.5, 0.6) is 5.75 Å². The average molecular weight is 442 g/mol. The Morgan fingerprint density at radius 2 is 2.00 bits per heavy atom. The van der Waals surface area contributed by atoms with E-state index in [1.54, 1.807) is 6.92 Å². The summed E-state index contributed by atoms with van der Waals surface area (Å²) in [6.07, 6.45) is -1.40.